The summed E-state index contributed by atoms with van der Waals surface area (Å²) in [7, 11) is 3.86. The molecule has 1 aromatic carbocycles. The predicted octanol–water partition coefficient (Wildman–Crippen LogP) is 2.84. The summed E-state index contributed by atoms with van der Waals surface area (Å²) in [6, 6.07) is 5.73. The van der Waals surface area contributed by atoms with Crippen molar-refractivity contribution in [2.24, 2.45) is 0 Å². The summed E-state index contributed by atoms with van der Waals surface area (Å²) < 4.78 is 1.14. The van der Waals surface area contributed by atoms with Crippen molar-refractivity contribution in [1.29, 1.82) is 0 Å². The zero-order valence-electron chi connectivity index (χ0n) is 7.91. The Balaban J connectivity index is 2.41. The Hall–Kier alpha value is -0.840. The van der Waals surface area contributed by atoms with Crippen LogP contribution in [0.1, 0.15) is 0 Å². The molecule has 0 fully saturated rings. The van der Waals surface area contributed by atoms with Crippen LogP contribution < -0.4 is 5.43 Å². The van der Waals surface area contributed by atoms with Gasteiger partial charge in [-0.15, -0.1) is 0 Å². The van der Waals surface area contributed by atoms with E-state index in [9.17, 15) is 0 Å². The number of nitrogens with zero attached hydrogens (tertiary/aromatic N) is 2. The first kappa shape index (κ1) is 9.71. The van der Waals surface area contributed by atoms with Crippen LogP contribution in [0.4, 0.5) is 5.13 Å². The highest BCUT2D eigenvalue weighted by Gasteiger charge is 2.03. The number of halogens is 1. The van der Waals surface area contributed by atoms with Gasteiger partial charge >= 0.3 is 0 Å². The van der Waals surface area contributed by atoms with Gasteiger partial charge in [-0.3, -0.25) is 5.43 Å². The number of fused-ring (bicyclic) bond motifs is 1. The van der Waals surface area contributed by atoms with Gasteiger partial charge in [0.25, 0.3) is 0 Å². The molecule has 0 spiro atoms. The van der Waals surface area contributed by atoms with Gasteiger partial charge in [-0.2, -0.15) is 0 Å². The first-order valence-electron chi connectivity index (χ1n) is 4.15. The molecule has 0 aliphatic heterocycles. The average molecular weight is 228 g/mol. The van der Waals surface area contributed by atoms with Crippen LogP contribution in [-0.4, -0.2) is 24.1 Å². The molecule has 1 aromatic heterocycles. The molecule has 0 saturated heterocycles. The summed E-state index contributed by atoms with van der Waals surface area (Å²) in [6.07, 6.45) is 0. The zero-order chi connectivity index (χ0) is 10.1. The van der Waals surface area contributed by atoms with Gasteiger partial charge in [0.1, 0.15) is 0 Å². The smallest absolute Gasteiger partial charge is 0.198 e. The van der Waals surface area contributed by atoms with Gasteiger partial charge in [0.05, 0.1) is 10.2 Å². The maximum atomic E-state index is 5.87. The van der Waals surface area contributed by atoms with Gasteiger partial charge in [0.2, 0.25) is 0 Å². The first-order valence-corrected chi connectivity index (χ1v) is 5.34. The second-order valence-electron chi connectivity index (χ2n) is 3.14. The van der Waals surface area contributed by atoms with Crippen molar-refractivity contribution in [3.05, 3.63) is 23.2 Å². The maximum Gasteiger partial charge on any atom is 0.198 e. The molecule has 0 aliphatic rings. The van der Waals surface area contributed by atoms with E-state index in [4.69, 9.17) is 11.6 Å². The Kier molecular flexibility index (Phi) is 2.58. The van der Waals surface area contributed by atoms with Crippen molar-refractivity contribution >= 4 is 38.3 Å². The number of thiazole rings is 1. The van der Waals surface area contributed by atoms with E-state index in [-0.39, 0.29) is 0 Å². The minimum Gasteiger partial charge on any atom is -0.295 e. The van der Waals surface area contributed by atoms with Gasteiger partial charge in [-0.1, -0.05) is 22.9 Å². The van der Waals surface area contributed by atoms with E-state index in [1.54, 1.807) is 11.3 Å². The van der Waals surface area contributed by atoms with E-state index in [0.717, 1.165) is 20.4 Å². The highest BCUT2D eigenvalue weighted by Crippen LogP contribution is 2.27. The molecule has 0 unspecified atom stereocenters. The number of hydrazine groups is 1. The van der Waals surface area contributed by atoms with Crippen molar-refractivity contribution < 1.29 is 0 Å². The normalized spacial score (nSPS) is 11.1. The van der Waals surface area contributed by atoms with Crippen LogP contribution in [-0.2, 0) is 0 Å². The Labute approximate surface area is 91.3 Å². The van der Waals surface area contributed by atoms with Crippen molar-refractivity contribution in [1.82, 2.24) is 9.99 Å². The highest BCUT2D eigenvalue weighted by molar-refractivity contribution is 7.22. The number of benzene rings is 1. The van der Waals surface area contributed by atoms with Crippen LogP contribution in [0.3, 0.4) is 0 Å². The second kappa shape index (κ2) is 3.73. The summed E-state index contributed by atoms with van der Waals surface area (Å²) in [5, 5.41) is 3.46. The molecule has 0 radical (unpaired) electrons. The molecule has 2 rings (SSSR count). The Morgan fingerprint density at radius 3 is 2.93 bits per heavy atom. The predicted molar refractivity (Wildman–Crippen MR) is 61.9 cm³/mol. The fraction of sp³-hybridized carbons (Fsp3) is 0.222. The Morgan fingerprint density at radius 2 is 2.21 bits per heavy atom. The van der Waals surface area contributed by atoms with Gasteiger partial charge < -0.3 is 0 Å². The fourth-order valence-electron chi connectivity index (χ4n) is 1.14. The van der Waals surface area contributed by atoms with Gasteiger partial charge in [0, 0.05) is 19.1 Å². The number of anilines is 1. The largest absolute Gasteiger partial charge is 0.295 e. The van der Waals surface area contributed by atoms with Crippen LogP contribution in [0.25, 0.3) is 10.2 Å². The number of rotatable bonds is 2. The molecular weight excluding hydrogens is 218 g/mol. The molecule has 74 valence electrons. The third kappa shape index (κ3) is 1.97. The maximum absolute atomic E-state index is 5.87. The molecule has 0 bridgehead atoms. The third-order valence-electron chi connectivity index (χ3n) is 1.67. The summed E-state index contributed by atoms with van der Waals surface area (Å²) in [4.78, 5) is 4.39. The van der Waals surface area contributed by atoms with Crippen LogP contribution in [0.5, 0.6) is 0 Å². The van der Waals surface area contributed by atoms with Crippen molar-refractivity contribution in [2.75, 3.05) is 19.5 Å². The quantitative estimate of drug-likeness (QED) is 0.800. The van der Waals surface area contributed by atoms with Crippen LogP contribution in [0, 0.1) is 0 Å². The van der Waals surface area contributed by atoms with E-state index in [1.165, 1.54) is 0 Å². The molecule has 0 amide bonds. The van der Waals surface area contributed by atoms with E-state index >= 15 is 0 Å². The van der Waals surface area contributed by atoms with E-state index in [1.807, 2.05) is 37.3 Å². The average Bonchev–Trinajstić information content (AvgIpc) is 2.44. The molecule has 1 heterocycles. The minimum absolute atomic E-state index is 0.721. The number of nitrogens with one attached hydrogen (secondary N) is 1. The summed E-state index contributed by atoms with van der Waals surface area (Å²) in [6.45, 7) is 0. The SMILES string of the molecule is CN(C)Nc1nc2cc(Cl)ccc2s1. The minimum atomic E-state index is 0.721. The summed E-state index contributed by atoms with van der Waals surface area (Å²) in [5.74, 6) is 0. The van der Waals surface area contributed by atoms with E-state index in [0.29, 0.717) is 0 Å². The summed E-state index contributed by atoms with van der Waals surface area (Å²) in [5.41, 5.74) is 4.05. The molecule has 1 N–H and O–H groups in total. The molecular formula is C9H10ClN3S. The molecule has 2 aromatic rings. The number of hydrogen-bond donors (Lipinski definition) is 1. The van der Waals surface area contributed by atoms with Gasteiger partial charge in [-0.25, -0.2) is 9.99 Å². The number of aromatic nitrogens is 1. The van der Waals surface area contributed by atoms with E-state index < -0.39 is 0 Å². The lowest BCUT2D eigenvalue weighted by atomic mass is 10.3. The third-order valence-corrected chi connectivity index (χ3v) is 2.85. The van der Waals surface area contributed by atoms with Crippen LogP contribution >= 0.6 is 22.9 Å². The number of hydrogen-bond acceptors (Lipinski definition) is 4. The van der Waals surface area contributed by atoms with Gasteiger partial charge in [-0.05, 0) is 18.2 Å². The standard InChI is InChI=1S/C9H10ClN3S/c1-13(2)12-9-11-7-5-6(10)3-4-8(7)14-9/h3-5H,1-2H3,(H,11,12). The van der Waals surface area contributed by atoms with Crippen LogP contribution in [0.15, 0.2) is 18.2 Å². The molecule has 14 heavy (non-hydrogen) atoms. The lowest BCUT2D eigenvalue weighted by Gasteiger charge is -2.08. The molecule has 0 aliphatic carbocycles. The van der Waals surface area contributed by atoms with Crippen molar-refractivity contribution in [3.8, 4) is 0 Å². The lowest BCUT2D eigenvalue weighted by molar-refractivity contribution is 0.495. The highest BCUT2D eigenvalue weighted by atomic mass is 35.5. The van der Waals surface area contributed by atoms with Crippen LogP contribution in [0.2, 0.25) is 5.02 Å². The fourth-order valence-corrected chi connectivity index (χ4v) is 2.23. The topological polar surface area (TPSA) is 28.2 Å². The van der Waals surface area contributed by atoms with Gasteiger partial charge in [0.15, 0.2) is 5.13 Å². The lowest BCUT2D eigenvalue weighted by Crippen LogP contribution is -2.19. The van der Waals surface area contributed by atoms with Crippen molar-refractivity contribution in [3.63, 3.8) is 0 Å². The Bertz CT molecular complexity index is 452. The Morgan fingerprint density at radius 1 is 1.43 bits per heavy atom. The molecule has 5 heteroatoms. The monoisotopic (exact) mass is 227 g/mol. The molecule has 3 nitrogen and oxygen atoms in total. The first-order chi connectivity index (χ1) is 6.65. The second-order valence-corrected chi connectivity index (χ2v) is 4.60. The zero-order valence-corrected chi connectivity index (χ0v) is 9.49. The molecule has 0 atom stereocenters. The molecule has 0 saturated carbocycles. The van der Waals surface area contributed by atoms with Crippen molar-refractivity contribution in [2.45, 2.75) is 0 Å². The summed E-state index contributed by atoms with van der Waals surface area (Å²) >= 11 is 7.48. The van der Waals surface area contributed by atoms with E-state index in [2.05, 4.69) is 10.4 Å².